The summed E-state index contributed by atoms with van der Waals surface area (Å²) >= 11 is 7.26. The van der Waals surface area contributed by atoms with Crippen LogP contribution < -0.4 is 0 Å². The largest absolute Gasteiger partial charge is 0.507 e. The topological polar surface area (TPSA) is 20.2 Å². The number of aromatic hydroxyl groups is 1. The van der Waals surface area contributed by atoms with Crippen molar-refractivity contribution in [1.29, 1.82) is 0 Å². The van der Waals surface area contributed by atoms with Gasteiger partial charge in [0, 0.05) is 10.8 Å². The Morgan fingerprint density at radius 1 is 1.00 bits per heavy atom. The van der Waals surface area contributed by atoms with Crippen molar-refractivity contribution in [2.75, 3.05) is 0 Å². The second-order valence-corrected chi connectivity index (χ2v) is 4.73. The van der Waals surface area contributed by atoms with Crippen molar-refractivity contribution >= 4 is 23.4 Å². The van der Waals surface area contributed by atoms with Gasteiger partial charge in [-0.2, -0.15) is 0 Å². The summed E-state index contributed by atoms with van der Waals surface area (Å²) in [5, 5.41) is 9.63. The highest BCUT2D eigenvalue weighted by Gasteiger charge is 2.02. The molecule has 0 heterocycles. The second kappa shape index (κ2) is 5.28. The van der Waals surface area contributed by atoms with Crippen LogP contribution in [0.1, 0.15) is 5.56 Å². The molecule has 1 N–H and O–H groups in total. The molecule has 0 atom stereocenters. The van der Waals surface area contributed by atoms with E-state index in [2.05, 4.69) is 0 Å². The minimum atomic E-state index is 0.314. The lowest BCUT2D eigenvalue weighted by Gasteiger charge is -2.04. The number of alkyl halides is 1. The van der Waals surface area contributed by atoms with E-state index in [0.29, 0.717) is 11.6 Å². The van der Waals surface area contributed by atoms with E-state index in [9.17, 15) is 5.11 Å². The first-order valence-electron chi connectivity index (χ1n) is 4.90. The highest BCUT2D eigenvalue weighted by atomic mass is 35.5. The summed E-state index contributed by atoms with van der Waals surface area (Å²) in [5.74, 6) is 0.843. The molecule has 0 amide bonds. The highest BCUT2D eigenvalue weighted by Crippen LogP contribution is 2.33. The van der Waals surface area contributed by atoms with Gasteiger partial charge in [0.15, 0.2) is 0 Å². The molecule has 0 saturated carbocycles. The zero-order valence-electron chi connectivity index (χ0n) is 8.56. The molecule has 0 aromatic heterocycles. The maximum absolute atomic E-state index is 9.63. The van der Waals surface area contributed by atoms with Crippen LogP contribution in [0.15, 0.2) is 58.3 Å². The van der Waals surface area contributed by atoms with Crippen LogP contribution in [0, 0.1) is 0 Å². The van der Waals surface area contributed by atoms with E-state index in [4.69, 9.17) is 11.6 Å². The smallest absolute Gasteiger partial charge is 0.129 e. The van der Waals surface area contributed by atoms with E-state index in [1.165, 1.54) is 0 Å². The van der Waals surface area contributed by atoms with Crippen LogP contribution in [0.25, 0.3) is 0 Å². The monoisotopic (exact) mass is 250 g/mol. The molecule has 3 heteroatoms. The average Bonchev–Trinajstić information content (AvgIpc) is 2.33. The molecule has 0 spiro atoms. The predicted octanol–water partition coefficient (Wildman–Crippen LogP) is 4.28. The minimum absolute atomic E-state index is 0.314. The Kier molecular flexibility index (Phi) is 3.75. The predicted molar refractivity (Wildman–Crippen MR) is 68.2 cm³/mol. The van der Waals surface area contributed by atoms with Crippen LogP contribution in [0.3, 0.4) is 0 Å². The van der Waals surface area contributed by atoms with Crippen LogP contribution in [-0.2, 0) is 5.88 Å². The van der Waals surface area contributed by atoms with Gasteiger partial charge < -0.3 is 5.11 Å². The Balaban J connectivity index is 2.18. The fourth-order valence-corrected chi connectivity index (χ4v) is 2.34. The minimum Gasteiger partial charge on any atom is -0.507 e. The normalized spacial score (nSPS) is 10.3. The van der Waals surface area contributed by atoms with E-state index in [0.717, 1.165) is 15.4 Å². The highest BCUT2D eigenvalue weighted by molar-refractivity contribution is 7.99. The molecule has 2 rings (SSSR count). The van der Waals surface area contributed by atoms with Crippen molar-refractivity contribution in [2.45, 2.75) is 15.7 Å². The van der Waals surface area contributed by atoms with Gasteiger partial charge in [0.25, 0.3) is 0 Å². The standard InChI is InChI=1S/C13H11ClOS/c14-9-10-5-7-11(8-6-10)16-13-4-2-1-3-12(13)15/h1-8,15H,9H2. The first-order chi connectivity index (χ1) is 7.79. The molecule has 0 radical (unpaired) electrons. The molecule has 16 heavy (non-hydrogen) atoms. The number of hydrogen-bond donors (Lipinski definition) is 1. The Morgan fingerprint density at radius 3 is 2.31 bits per heavy atom. The second-order valence-electron chi connectivity index (χ2n) is 3.35. The summed E-state index contributed by atoms with van der Waals surface area (Å²) in [6.07, 6.45) is 0. The van der Waals surface area contributed by atoms with Gasteiger partial charge in [0.2, 0.25) is 0 Å². The molecule has 2 aromatic carbocycles. The Labute approximate surface area is 104 Å². The zero-order chi connectivity index (χ0) is 11.4. The van der Waals surface area contributed by atoms with Crippen molar-refractivity contribution < 1.29 is 5.11 Å². The molecule has 0 aliphatic carbocycles. The Hall–Kier alpha value is -1.12. The molecule has 82 valence electrons. The first-order valence-corrected chi connectivity index (χ1v) is 6.25. The third kappa shape index (κ3) is 2.71. The van der Waals surface area contributed by atoms with E-state index < -0.39 is 0 Å². The molecule has 1 nitrogen and oxygen atoms in total. The molecule has 0 aliphatic heterocycles. The van der Waals surface area contributed by atoms with Gasteiger partial charge in [-0.3, -0.25) is 0 Å². The fourth-order valence-electron chi connectivity index (χ4n) is 1.32. The van der Waals surface area contributed by atoms with E-state index >= 15 is 0 Å². The molecular formula is C13H11ClOS. The molecule has 2 aromatic rings. The van der Waals surface area contributed by atoms with Crippen LogP contribution in [-0.4, -0.2) is 5.11 Å². The SMILES string of the molecule is Oc1ccccc1Sc1ccc(CCl)cc1. The Morgan fingerprint density at radius 2 is 1.69 bits per heavy atom. The van der Waals surface area contributed by atoms with Gasteiger partial charge in [-0.1, -0.05) is 36.0 Å². The number of hydrogen-bond acceptors (Lipinski definition) is 2. The third-order valence-corrected chi connectivity index (χ3v) is 3.55. The zero-order valence-corrected chi connectivity index (χ0v) is 10.1. The number of phenols is 1. The maximum atomic E-state index is 9.63. The van der Waals surface area contributed by atoms with Gasteiger partial charge in [0.05, 0.1) is 4.90 Å². The number of benzene rings is 2. The number of para-hydroxylation sites is 1. The van der Waals surface area contributed by atoms with Gasteiger partial charge in [-0.05, 0) is 29.8 Å². The molecule has 0 aliphatic rings. The van der Waals surface area contributed by atoms with E-state index in [1.807, 2.05) is 42.5 Å². The molecule has 0 bridgehead atoms. The van der Waals surface area contributed by atoms with Gasteiger partial charge in [-0.25, -0.2) is 0 Å². The summed E-state index contributed by atoms with van der Waals surface area (Å²) < 4.78 is 0. The molecule has 0 unspecified atom stereocenters. The lowest BCUT2D eigenvalue weighted by atomic mass is 10.2. The van der Waals surface area contributed by atoms with Gasteiger partial charge in [-0.15, -0.1) is 11.6 Å². The van der Waals surface area contributed by atoms with E-state index in [1.54, 1.807) is 17.8 Å². The van der Waals surface area contributed by atoms with Crippen molar-refractivity contribution in [3.63, 3.8) is 0 Å². The fraction of sp³-hybridized carbons (Fsp3) is 0.0769. The van der Waals surface area contributed by atoms with E-state index in [-0.39, 0.29) is 0 Å². The average molecular weight is 251 g/mol. The van der Waals surface area contributed by atoms with Gasteiger partial charge >= 0.3 is 0 Å². The number of phenolic OH excluding ortho intramolecular Hbond substituents is 1. The van der Waals surface area contributed by atoms with Crippen molar-refractivity contribution in [3.05, 3.63) is 54.1 Å². The maximum Gasteiger partial charge on any atom is 0.129 e. The summed E-state index contributed by atoms with van der Waals surface area (Å²) in [6, 6.07) is 15.3. The number of rotatable bonds is 3. The molecule has 0 saturated heterocycles. The van der Waals surface area contributed by atoms with Gasteiger partial charge in [0.1, 0.15) is 5.75 Å². The lowest BCUT2D eigenvalue weighted by Crippen LogP contribution is -1.78. The first kappa shape index (κ1) is 11.4. The van der Waals surface area contributed by atoms with Crippen LogP contribution in [0.4, 0.5) is 0 Å². The van der Waals surface area contributed by atoms with Crippen molar-refractivity contribution in [2.24, 2.45) is 0 Å². The summed E-state index contributed by atoms with van der Waals surface area (Å²) in [6.45, 7) is 0. The Bertz CT molecular complexity index is 468. The van der Waals surface area contributed by atoms with Crippen molar-refractivity contribution in [1.82, 2.24) is 0 Å². The summed E-state index contributed by atoms with van der Waals surface area (Å²) in [4.78, 5) is 1.96. The number of halogens is 1. The summed E-state index contributed by atoms with van der Waals surface area (Å²) in [5.41, 5.74) is 1.10. The lowest BCUT2D eigenvalue weighted by molar-refractivity contribution is 0.462. The quantitative estimate of drug-likeness (QED) is 0.821. The van der Waals surface area contributed by atoms with Crippen LogP contribution in [0.5, 0.6) is 5.75 Å². The molecule has 0 fully saturated rings. The third-order valence-electron chi connectivity index (χ3n) is 2.17. The van der Waals surface area contributed by atoms with Crippen molar-refractivity contribution in [3.8, 4) is 5.75 Å². The summed E-state index contributed by atoms with van der Waals surface area (Å²) in [7, 11) is 0. The van der Waals surface area contributed by atoms with Crippen LogP contribution in [0.2, 0.25) is 0 Å². The molecular weight excluding hydrogens is 240 g/mol. The van der Waals surface area contributed by atoms with Crippen LogP contribution >= 0.6 is 23.4 Å².